The lowest BCUT2D eigenvalue weighted by atomic mass is 9.97. The number of hydrogen-bond donors (Lipinski definition) is 4. The van der Waals surface area contributed by atoms with E-state index in [2.05, 4.69) is 20.5 Å². The average Bonchev–Trinajstić information content (AvgIpc) is 3.56. The van der Waals surface area contributed by atoms with E-state index in [1.54, 1.807) is 11.8 Å². The summed E-state index contributed by atoms with van der Waals surface area (Å²) in [5.41, 5.74) is 5.61. The van der Waals surface area contributed by atoms with Crippen LogP contribution in [0.15, 0.2) is 84.3 Å². The van der Waals surface area contributed by atoms with Crippen molar-refractivity contribution in [3.8, 4) is 11.1 Å². The molecule has 0 aliphatic carbocycles. The summed E-state index contributed by atoms with van der Waals surface area (Å²) >= 11 is 1.54. The minimum atomic E-state index is -0.998. The van der Waals surface area contributed by atoms with Crippen molar-refractivity contribution in [2.45, 2.75) is 56.1 Å². The SMILES string of the molecule is O=C(O)CCC(=O)NCc1ccccc1-c1ccc(C2OC(CSc3ncn[nH]3)CC(c3ccc(CO)cc3)O2)cc1. The fraction of sp³-hybridized carbons (Fsp3) is 0.290. The Bertz CT molecular complexity index is 1460. The molecular weight excluding hydrogens is 556 g/mol. The van der Waals surface area contributed by atoms with Gasteiger partial charge in [0.2, 0.25) is 5.91 Å². The van der Waals surface area contributed by atoms with E-state index in [4.69, 9.17) is 14.6 Å². The Balaban J connectivity index is 1.31. The van der Waals surface area contributed by atoms with Crippen LogP contribution in [0.1, 0.15) is 53.9 Å². The monoisotopic (exact) mass is 588 g/mol. The van der Waals surface area contributed by atoms with E-state index in [1.165, 1.54) is 6.33 Å². The fourth-order valence-corrected chi connectivity index (χ4v) is 5.53. The molecule has 1 aromatic heterocycles. The lowest BCUT2D eigenvalue weighted by molar-refractivity contribution is -0.245. The molecule has 0 spiro atoms. The maximum atomic E-state index is 12.1. The van der Waals surface area contributed by atoms with E-state index in [0.717, 1.165) is 38.5 Å². The Morgan fingerprint density at radius 2 is 1.74 bits per heavy atom. The van der Waals surface area contributed by atoms with E-state index >= 15 is 0 Å². The molecular formula is C31H32N4O6S. The number of hydrogen-bond acceptors (Lipinski definition) is 8. The highest BCUT2D eigenvalue weighted by Gasteiger charge is 2.32. The van der Waals surface area contributed by atoms with E-state index in [1.807, 2.05) is 72.8 Å². The second-order valence-corrected chi connectivity index (χ2v) is 10.9. The van der Waals surface area contributed by atoms with Gasteiger partial charge in [0.15, 0.2) is 11.4 Å². The van der Waals surface area contributed by atoms with E-state index in [-0.39, 0.29) is 37.6 Å². The molecule has 0 bridgehead atoms. The number of aliphatic carboxylic acids is 1. The minimum absolute atomic E-state index is 0.0133. The molecule has 1 aliphatic heterocycles. The van der Waals surface area contributed by atoms with Crippen LogP contribution in [0.25, 0.3) is 11.1 Å². The van der Waals surface area contributed by atoms with Crippen molar-refractivity contribution in [2.75, 3.05) is 5.75 Å². The van der Waals surface area contributed by atoms with E-state index in [9.17, 15) is 14.7 Å². The highest BCUT2D eigenvalue weighted by molar-refractivity contribution is 7.99. The summed E-state index contributed by atoms with van der Waals surface area (Å²) in [5, 5.41) is 28.6. The van der Waals surface area contributed by atoms with Crippen molar-refractivity contribution in [1.82, 2.24) is 20.5 Å². The second kappa shape index (κ2) is 14.2. The molecule has 10 nitrogen and oxygen atoms in total. The summed E-state index contributed by atoms with van der Waals surface area (Å²) < 4.78 is 12.9. The van der Waals surface area contributed by atoms with Crippen molar-refractivity contribution in [3.05, 3.63) is 101 Å². The molecule has 3 aromatic carbocycles. The number of thioether (sulfide) groups is 1. The topological polar surface area (TPSA) is 147 Å². The molecule has 1 saturated heterocycles. The van der Waals surface area contributed by atoms with Crippen molar-refractivity contribution < 1.29 is 29.3 Å². The normalized spacial score (nSPS) is 18.5. The molecule has 3 atom stereocenters. The number of amides is 1. The molecule has 4 aromatic rings. The number of carbonyl (C=O) groups excluding carboxylic acids is 1. The first-order valence-electron chi connectivity index (χ1n) is 13.6. The van der Waals surface area contributed by atoms with Crippen LogP contribution in [0.4, 0.5) is 0 Å². The number of carboxylic acid groups (broad SMARTS) is 1. The number of H-pyrrole nitrogens is 1. The first-order valence-corrected chi connectivity index (χ1v) is 14.6. The lowest BCUT2D eigenvalue weighted by Crippen LogP contribution is -2.31. The number of nitrogens with one attached hydrogen (secondary N) is 2. The van der Waals surface area contributed by atoms with Gasteiger partial charge in [-0.25, -0.2) is 4.98 Å². The third-order valence-corrected chi connectivity index (χ3v) is 7.98. The van der Waals surface area contributed by atoms with Gasteiger partial charge in [-0.3, -0.25) is 14.7 Å². The van der Waals surface area contributed by atoms with Gasteiger partial charge < -0.3 is 25.0 Å². The molecule has 5 rings (SSSR count). The van der Waals surface area contributed by atoms with Gasteiger partial charge in [-0.1, -0.05) is 84.6 Å². The molecule has 42 heavy (non-hydrogen) atoms. The van der Waals surface area contributed by atoms with Gasteiger partial charge in [0.1, 0.15) is 6.33 Å². The van der Waals surface area contributed by atoms with Crippen LogP contribution in [0, 0.1) is 0 Å². The quantitative estimate of drug-likeness (QED) is 0.172. The van der Waals surface area contributed by atoms with Gasteiger partial charge in [-0.15, -0.1) is 0 Å². The molecule has 1 amide bonds. The zero-order valence-corrected chi connectivity index (χ0v) is 23.6. The number of aliphatic hydroxyl groups is 1. The van der Waals surface area contributed by atoms with Crippen molar-refractivity contribution in [1.29, 1.82) is 0 Å². The van der Waals surface area contributed by atoms with Crippen LogP contribution >= 0.6 is 11.8 Å². The third kappa shape index (κ3) is 7.83. The number of carbonyl (C=O) groups is 2. The number of carboxylic acids is 1. The smallest absolute Gasteiger partial charge is 0.303 e. The van der Waals surface area contributed by atoms with Crippen LogP contribution < -0.4 is 5.32 Å². The van der Waals surface area contributed by atoms with E-state index < -0.39 is 12.3 Å². The van der Waals surface area contributed by atoms with Gasteiger partial charge in [-0.05, 0) is 27.8 Å². The lowest BCUT2D eigenvalue weighted by Gasteiger charge is -2.36. The average molecular weight is 589 g/mol. The van der Waals surface area contributed by atoms with Crippen LogP contribution in [-0.4, -0.2) is 49.1 Å². The zero-order chi connectivity index (χ0) is 29.3. The maximum absolute atomic E-state index is 12.1. The van der Waals surface area contributed by atoms with Gasteiger partial charge >= 0.3 is 5.97 Å². The van der Waals surface area contributed by atoms with E-state index in [0.29, 0.717) is 18.7 Å². The predicted octanol–water partition coefficient (Wildman–Crippen LogP) is 4.78. The molecule has 4 N–H and O–H groups in total. The number of rotatable bonds is 12. The van der Waals surface area contributed by atoms with Gasteiger partial charge in [0, 0.05) is 30.7 Å². The third-order valence-electron chi connectivity index (χ3n) is 6.97. The highest BCUT2D eigenvalue weighted by atomic mass is 32.2. The molecule has 0 radical (unpaired) electrons. The minimum Gasteiger partial charge on any atom is -0.481 e. The molecule has 3 unspecified atom stereocenters. The standard InChI is InChI=1S/C31H32N4O6S/c36-17-20-5-7-22(8-6-20)27-15-25(18-42-31-33-19-34-35-31)40-30(41-27)23-11-9-21(10-12-23)26-4-2-1-3-24(26)16-32-28(37)13-14-29(38)39/h1-12,19,25,27,30,36H,13-18H2,(H,32,37)(H,38,39)(H,33,34,35). The van der Waals surface area contributed by atoms with Crippen LogP contribution in [0.2, 0.25) is 0 Å². The summed E-state index contributed by atoms with van der Waals surface area (Å²) in [6.07, 6.45) is 1.01. The molecule has 1 aliphatic rings. The van der Waals surface area contributed by atoms with Crippen molar-refractivity contribution >= 4 is 23.6 Å². The largest absolute Gasteiger partial charge is 0.481 e. The first-order chi connectivity index (χ1) is 20.5. The number of aliphatic hydroxyl groups excluding tert-OH is 1. The van der Waals surface area contributed by atoms with Gasteiger partial charge in [0.05, 0.1) is 25.2 Å². The van der Waals surface area contributed by atoms with Crippen LogP contribution in [0.5, 0.6) is 0 Å². The number of benzene rings is 3. The zero-order valence-electron chi connectivity index (χ0n) is 22.8. The number of nitrogens with zero attached hydrogens (tertiary/aromatic N) is 2. The number of aromatic amines is 1. The Morgan fingerprint density at radius 1 is 0.976 bits per heavy atom. The summed E-state index contributed by atoms with van der Waals surface area (Å²) in [6, 6.07) is 23.5. The predicted molar refractivity (Wildman–Crippen MR) is 156 cm³/mol. The van der Waals surface area contributed by atoms with Crippen LogP contribution in [-0.2, 0) is 32.2 Å². The second-order valence-electron chi connectivity index (χ2n) is 9.90. The summed E-state index contributed by atoms with van der Waals surface area (Å²) in [5.74, 6) is -0.627. The Kier molecular flexibility index (Phi) is 9.98. The summed E-state index contributed by atoms with van der Waals surface area (Å²) in [4.78, 5) is 27.0. The molecule has 218 valence electrons. The fourth-order valence-electron chi connectivity index (χ4n) is 4.74. The Hall–Kier alpha value is -4.03. The first kappa shape index (κ1) is 29.5. The number of ether oxygens (including phenoxy) is 2. The summed E-state index contributed by atoms with van der Waals surface area (Å²) in [6.45, 7) is 0.285. The Labute approximate surface area is 247 Å². The highest BCUT2D eigenvalue weighted by Crippen LogP contribution is 2.39. The summed E-state index contributed by atoms with van der Waals surface area (Å²) in [7, 11) is 0. The molecule has 11 heteroatoms. The van der Waals surface area contributed by atoms with Crippen molar-refractivity contribution in [3.63, 3.8) is 0 Å². The van der Waals surface area contributed by atoms with Crippen molar-refractivity contribution in [2.24, 2.45) is 0 Å². The number of aromatic nitrogens is 3. The van der Waals surface area contributed by atoms with Gasteiger partial charge in [0.25, 0.3) is 0 Å². The molecule has 0 saturated carbocycles. The maximum Gasteiger partial charge on any atom is 0.303 e. The van der Waals surface area contributed by atoms with Crippen LogP contribution in [0.3, 0.4) is 0 Å². The Morgan fingerprint density at radius 3 is 2.45 bits per heavy atom. The van der Waals surface area contributed by atoms with Gasteiger partial charge in [-0.2, -0.15) is 5.10 Å². The molecule has 2 heterocycles. The molecule has 1 fully saturated rings.